The summed E-state index contributed by atoms with van der Waals surface area (Å²) in [6.07, 6.45) is 0. The second-order valence-electron chi connectivity index (χ2n) is 7.35. The Morgan fingerprint density at radius 2 is 1.75 bits per heavy atom. The van der Waals surface area contributed by atoms with E-state index < -0.39 is 5.97 Å². The lowest BCUT2D eigenvalue weighted by Gasteiger charge is -2.32. The SMILES string of the molecule is COC(=O)c1c(C)[nH]c(C(=O)Nc2ccc(CN3CCN(C)CC3)cc2)c1C. The van der Waals surface area contributed by atoms with Crippen LogP contribution in [-0.4, -0.2) is 67.0 Å². The summed E-state index contributed by atoms with van der Waals surface area (Å²) in [5.41, 5.74) is 3.95. The number of aromatic nitrogens is 1. The fourth-order valence-corrected chi connectivity index (χ4v) is 3.54. The fraction of sp³-hybridized carbons (Fsp3) is 0.429. The predicted molar refractivity (Wildman–Crippen MR) is 109 cm³/mol. The molecule has 0 unspecified atom stereocenters. The molecule has 0 saturated carbocycles. The minimum atomic E-state index is -0.446. The highest BCUT2D eigenvalue weighted by molar-refractivity contribution is 6.06. The first-order chi connectivity index (χ1) is 13.4. The summed E-state index contributed by atoms with van der Waals surface area (Å²) in [6, 6.07) is 7.91. The molecule has 1 aromatic carbocycles. The Hall–Kier alpha value is -2.64. The van der Waals surface area contributed by atoms with Crippen LogP contribution in [-0.2, 0) is 11.3 Å². The number of aryl methyl sites for hydroxylation is 1. The van der Waals surface area contributed by atoms with Crippen LogP contribution in [0.2, 0.25) is 0 Å². The first-order valence-electron chi connectivity index (χ1n) is 9.47. The van der Waals surface area contributed by atoms with E-state index in [0.29, 0.717) is 22.5 Å². The highest BCUT2D eigenvalue weighted by Gasteiger charge is 2.22. The van der Waals surface area contributed by atoms with Crippen molar-refractivity contribution in [1.82, 2.24) is 14.8 Å². The van der Waals surface area contributed by atoms with E-state index in [1.807, 2.05) is 24.3 Å². The van der Waals surface area contributed by atoms with Gasteiger partial charge in [-0.3, -0.25) is 9.69 Å². The van der Waals surface area contributed by atoms with E-state index in [4.69, 9.17) is 4.74 Å². The zero-order chi connectivity index (χ0) is 20.3. The molecule has 1 aliphatic heterocycles. The Labute approximate surface area is 165 Å². The Balaban J connectivity index is 1.64. The van der Waals surface area contributed by atoms with Crippen LogP contribution in [0.5, 0.6) is 0 Å². The van der Waals surface area contributed by atoms with Crippen LogP contribution < -0.4 is 5.32 Å². The van der Waals surface area contributed by atoms with Gasteiger partial charge in [-0.1, -0.05) is 12.1 Å². The highest BCUT2D eigenvalue weighted by atomic mass is 16.5. The molecule has 1 fully saturated rings. The van der Waals surface area contributed by atoms with Gasteiger partial charge >= 0.3 is 5.97 Å². The average molecular weight is 384 g/mol. The predicted octanol–water partition coefficient (Wildman–Crippen LogP) is 2.42. The van der Waals surface area contributed by atoms with Crippen molar-refractivity contribution in [2.75, 3.05) is 45.7 Å². The molecule has 1 aliphatic rings. The number of carbonyl (C=O) groups is 2. The summed E-state index contributed by atoms with van der Waals surface area (Å²) in [5, 5.41) is 2.89. The molecule has 150 valence electrons. The molecule has 0 aliphatic carbocycles. The normalized spacial score (nSPS) is 15.4. The Morgan fingerprint density at radius 1 is 1.11 bits per heavy atom. The Morgan fingerprint density at radius 3 is 2.36 bits per heavy atom. The first-order valence-corrected chi connectivity index (χ1v) is 9.47. The van der Waals surface area contributed by atoms with Crippen molar-refractivity contribution in [3.63, 3.8) is 0 Å². The van der Waals surface area contributed by atoms with Crippen molar-refractivity contribution in [3.8, 4) is 0 Å². The summed E-state index contributed by atoms with van der Waals surface area (Å²) in [4.78, 5) is 32.3. The zero-order valence-electron chi connectivity index (χ0n) is 17.0. The van der Waals surface area contributed by atoms with E-state index >= 15 is 0 Å². The van der Waals surface area contributed by atoms with Crippen LogP contribution in [0.4, 0.5) is 5.69 Å². The second kappa shape index (κ2) is 8.58. The van der Waals surface area contributed by atoms with E-state index in [0.717, 1.165) is 38.4 Å². The third kappa shape index (κ3) is 4.43. The van der Waals surface area contributed by atoms with Crippen LogP contribution >= 0.6 is 0 Å². The van der Waals surface area contributed by atoms with Gasteiger partial charge in [-0.2, -0.15) is 0 Å². The molecule has 28 heavy (non-hydrogen) atoms. The van der Waals surface area contributed by atoms with Crippen LogP contribution in [0.1, 0.15) is 37.7 Å². The Kier molecular flexibility index (Phi) is 6.16. The van der Waals surface area contributed by atoms with E-state index in [-0.39, 0.29) is 5.91 Å². The number of hydrogen-bond acceptors (Lipinski definition) is 5. The van der Waals surface area contributed by atoms with E-state index in [9.17, 15) is 9.59 Å². The number of hydrogen-bond donors (Lipinski definition) is 2. The number of carbonyl (C=O) groups excluding carboxylic acids is 2. The monoisotopic (exact) mass is 384 g/mol. The summed E-state index contributed by atoms with van der Waals surface area (Å²) in [7, 11) is 3.48. The first kappa shape index (κ1) is 20.1. The number of amides is 1. The standard InChI is InChI=1S/C21H28N4O3/c1-14-18(21(27)28-4)15(2)22-19(14)20(26)23-17-7-5-16(6-8-17)13-25-11-9-24(3)10-12-25/h5-8,22H,9-13H2,1-4H3,(H,23,26). The summed E-state index contributed by atoms with van der Waals surface area (Å²) in [5.74, 6) is -0.721. The molecular weight excluding hydrogens is 356 g/mol. The molecular formula is C21H28N4O3. The third-order valence-electron chi connectivity index (χ3n) is 5.27. The van der Waals surface area contributed by atoms with Crippen LogP contribution in [0, 0.1) is 13.8 Å². The van der Waals surface area contributed by atoms with E-state index in [1.165, 1.54) is 12.7 Å². The van der Waals surface area contributed by atoms with Crippen LogP contribution in [0.15, 0.2) is 24.3 Å². The minimum Gasteiger partial charge on any atom is -0.465 e. The molecule has 0 atom stereocenters. The van der Waals surface area contributed by atoms with Gasteiger partial charge in [0.15, 0.2) is 0 Å². The number of aromatic amines is 1. The summed E-state index contributed by atoms with van der Waals surface area (Å²) in [6.45, 7) is 8.74. The van der Waals surface area contributed by atoms with Gasteiger partial charge in [0.25, 0.3) is 5.91 Å². The molecule has 0 radical (unpaired) electrons. The number of methoxy groups -OCH3 is 1. The molecule has 0 bridgehead atoms. The van der Waals surface area contributed by atoms with Gasteiger partial charge in [0.05, 0.1) is 12.7 Å². The van der Waals surface area contributed by atoms with E-state index in [2.05, 4.69) is 27.1 Å². The van der Waals surface area contributed by atoms with Gasteiger partial charge < -0.3 is 19.9 Å². The third-order valence-corrected chi connectivity index (χ3v) is 5.27. The molecule has 2 N–H and O–H groups in total. The Bertz CT molecular complexity index is 849. The number of likely N-dealkylation sites (N-methyl/N-ethyl adjacent to an activating group) is 1. The lowest BCUT2D eigenvalue weighted by Crippen LogP contribution is -2.43. The minimum absolute atomic E-state index is 0.275. The van der Waals surface area contributed by atoms with Crippen LogP contribution in [0.3, 0.4) is 0 Å². The molecule has 7 heteroatoms. The lowest BCUT2D eigenvalue weighted by molar-refractivity contribution is 0.0599. The van der Waals surface area contributed by atoms with Gasteiger partial charge in [0, 0.05) is 44.1 Å². The lowest BCUT2D eigenvalue weighted by atomic mass is 10.1. The quantitative estimate of drug-likeness (QED) is 0.774. The molecule has 2 heterocycles. The second-order valence-corrected chi connectivity index (χ2v) is 7.35. The van der Waals surface area contributed by atoms with Gasteiger partial charge in [-0.25, -0.2) is 4.79 Å². The molecule has 1 saturated heterocycles. The van der Waals surface area contributed by atoms with Crippen LogP contribution in [0.25, 0.3) is 0 Å². The number of H-pyrrole nitrogens is 1. The number of esters is 1. The molecule has 2 aromatic rings. The molecule has 1 amide bonds. The van der Waals surface area contributed by atoms with Crippen molar-refractivity contribution >= 4 is 17.6 Å². The maximum absolute atomic E-state index is 12.6. The van der Waals surface area contributed by atoms with E-state index in [1.54, 1.807) is 13.8 Å². The summed E-state index contributed by atoms with van der Waals surface area (Å²) >= 11 is 0. The maximum Gasteiger partial charge on any atom is 0.339 e. The topological polar surface area (TPSA) is 77.7 Å². The largest absolute Gasteiger partial charge is 0.465 e. The number of piperazine rings is 1. The van der Waals surface area contributed by atoms with Crippen molar-refractivity contribution in [2.45, 2.75) is 20.4 Å². The number of ether oxygens (including phenoxy) is 1. The fourth-order valence-electron chi connectivity index (χ4n) is 3.54. The van der Waals surface area contributed by atoms with Crippen molar-refractivity contribution in [2.24, 2.45) is 0 Å². The van der Waals surface area contributed by atoms with Gasteiger partial charge in [0.1, 0.15) is 5.69 Å². The molecule has 3 rings (SSSR count). The van der Waals surface area contributed by atoms with Crippen molar-refractivity contribution in [3.05, 3.63) is 52.3 Å². The van der Waals surface area contributed by atoms with Gasteiger partial charge in [0.2, 0.25) is 0 Å². The molecule has 1 aromatic heterocycles. The number of rotatable bonds is 5. The van der Waals surface area contributed by atoms with Crippen molar-refractivity contribution < 1.29 is 14.3 Å². The number of benzene rings is 1. The molecule has 0 spiro atoms. The number of nitrogens with one attached hydrogen (secondary N) is 2. The summed E-state index contributed by atoms with van der Waals surface area (Å²) < 4.78 is 4.79. The maximum atomic E-state index is 12.6. The number of nitrogens with zero attached hydrogens (tertiary/aromatic N) is 2. The van der Waals surface area contributed by atoms with Gasteiger partial charge in [-0.15, -0.1) is 0 Å². The zero-order valence-corrected chi connectivity index (χ0v) is 17.0. The van der Waals surface area contributed by atoms with Crippen molar-refractivity contribution in [1.29, 1.82) is 0 Å². The molecule has 7 nitrogen and oxygen atoms in total. The highest BCUT2D eigenvalue weighted by Crippen LogP contribution is 2.20. The number of anilines is 1. The smallest absolute Gasteiger partial charge is 0.339 e. The van der Waals surface area contributed by atoms with Gasteiger partial charge in [-0.05, 0) is 44.2 Å². The average Bonchev–Trinajstić information content (AvgIpc) is 2.99.